The summed E-state index contributed by atoms with van der Waals surface area (Å²) in [6.07, 6.45) is 1.11. The van der Waals surface area contributed by atoms with E-state index in [1.807, 2.05) is 18.6 Å². The Balaban J connectivity index is 2.21. The minimum Gasteiger partial charge on any atom is -0.446 e. The normalized spacial score (nSPS) is 13.1. The number of benzene rings is 1. The number of rotatable bonds is 13. The molecule has 0 bridgehead atoms. The van der Waals surface area contributed by atoms with Crippen LogP contribution < -0.4 is 26.8 Å². The Hall–Kier alpha value is -4.14. The zero-order valence-electron chi connectivity index (χ0n) is 23.8. The summed E-state index contributed by atoms with van der Waals surface area (Å²) in [5, 5.41) is 5.20. The number of guanidine groups is 1. The van der Waals surface area contributed by atoms with Crippen molar-refractivity contribution in [3.05, 3.63) is 48.2 Å². The number of carbonyl (C=O) groups is 3. The highest BCUT2D eigenvalue weighted by Crippen LogP contribution is 2.22. The third-order valence-corrected chi connectivity index (χ3v) is 6.67. The number of carbonyl (C=O) groups excluding carboxylic acids is 3. The number of hydrogen-bond donors (Lipinski definition) is 5. The molecule has 0 aliphatic rings. The summed E-state index contributed by atoms with van der Waals surface area (Å²) in [4.78, 5) is 46.4. The van der Waals surface area contributed by atoms with E-state index in [9.17, 15) is 22.8 Å². The van der Waals surface area contributed by atoms with Gasteiger partial charge in [-0.25, -0.2) is 22.9 Å². The fourth-order valence-electron chi connectivity index (χ4n) is 3.56. The number of nitrogens with zero attached hydrogens (tertiary/aromatic N) is 2. The van der Waals surface area contributed by atoms with Crippen molar-refractivity contribution >= 4 is 33.9 Å². The Labute approximate surface area is 239 Å². The summed E-state index contributed by atoms with van der Waals surface area (Å²) in [5.74, 6) is -1.70. The second kappa shape index (κ2) is 14.5. The molecule has 0 aliphatic carbocycles. The van der Waals surface area contributed by atoms with E-state index < -0.39 is 45.6 Å². The molecule has 15 heteroatoms. The van der Waals surface area contributed by atoms with Crippen LogP contribution in [0.4, 0.5) is 4.79 Å². The van der Waals surface area contributed by atoms with Gasteiger partial charge >= 0.3 is 6.09 Å². The van der Waals surface area contributed by atoms with E-state index in [-0.39, 0.29) is 47.7 Å². The first-order valence-corrected chi connectivity index (χ1v) is 14.5. The molecular formula is C26H39N7O7S. The van der Waals surface area contributed by atoms with E-state index >= 15 is 0 Å². The predicted molar refractivity (Wildman–Crippen MR) is 151 cm³/mol. The maximum Gasteiger partial charge on any atom is 0.408 e. The number of oxazole rings is 1. The van der Waals surface area contributed by atoms with Crippen LogP contribution in [0.1, 0.15) is 76.3 Å². The van der Waals surface area contributed by atoms with E-state index in [1.54, 1.807) is 26.8 Å². The van der Waals surface area contributed by atoms with Crippen LogP contribution in [-0.2, 0) is 19.6 Å². The number of ether oxygens (including phenoxy) is 1. The van der Waals surface area contributed by atoms with E-state index in [1.165, 1.54) is 24.3 Å². The van der Waals surface area contributed by atoms with Gasteiger partial charge in [0, 0.05) is 6.54 Å². The summed E-state index contributed by atoms with van der Waals surface area (Å²) < 4.78 is 38.2. The minimum absolute atomic E-state index is 0.0134. The molecule has 2 aromatic rings. The van der Waals surface area contributed by atoms with Crippen LogP contribution in [-0.4, -0.2) is 55.5 Å². The number of amides is 3. The van der Waals surface area contributed by atoms with Gasteiger partial charge < -0.3 is 31.3 Å². The highest BCUT2D eigenvalue weighted by atomic mass is 32.2. The lowest BCUT2D eigenvalue weighted by Crippen LogP contribution is -2.48. The Morgan fingerprint density at radius 3 is 2.34 bits per heavy atom. The van der Waals surface area contributed by atoms with Crippen molar-refractivity contribution in [3.8, 4) is 0 Å². The molecular weight excluding hydrogens is 554 g/mol. The highest BCUT2D eigenvalue weighted by molar-refractivity contribution is 7.90. The molecule has 41 heavy (non-hydrogen) atoms. The van der Waals surface area contributed by atoms with Crippen molar-refractivity contribution in [1.82, 2.24) is 20.3 Å². The van der Waals surface area contributed by atoms with Crippen molar-refractivity contribution in [1.29, 1.82) is 0 Å². The first kappa shape index (κ1) is 33.1. The van der Waals surface area contributed by atoms with Gasteiger partial charge in [-0.05, 0) is 58.1 Å². The third kappa shape index (κ3) is 11.5. The van der Waals surface area contributed by atoms with Crippen LogP contribution in [0, 0.1) is 5.92 Å². The van der Waals surface area contributed by atoms with Crippen molar-refractivity contribution in [2.45, 2.75) is 76.5 Å². The Kier molecular flexibility index (Phi) is 11.7. The second-order valence-electron chi connectivity index (χ2n) is 10.7. The smallest absolute Gasteiger partial charge is 0.408 e. The average molecular weight is 594 g/mol. The van der Waals surface area contributed by atoms with Crippen molar-refractivity contribution in [2.24, 2.45) is 22.4 Å². The highest BCUT2D eigenvalue weighted by Gasteiger charge is 2.29. The quantitative estimate of drug-likeness (QED) is 0.129. The summed E-state index contributed by atoms with van der Waals surface area (Å²) >= 11 is 0. The van der Waals surface area contributed by atoms with Crippen LogP contribution in [0.15, 0.2) is 50.9 Å². The topological polar surface area (TPSA) is 221 Å². The molecule has 1 aromatic carbocycles. The summed E-state index contributed by atoms with van der Waals surface area (Å²) in [6.45, 7) is 9.21. The largest absolute Gasteiger partial charge is 0.446 e. The van der Waals surface area contributed by atoms with E-state index in [2.05, 4.69) is 20.6 Å². The Morgan fingerprint density at radius 2 is 1.76 bits per heavy atom. The lowest BCUT2D eigenvalue weighted by atomic mass is 10.0. The predicted octanol–water partition coefficient (Wildman–Crippen LogP) is 1.94. The van der Waals surface area contributed by atoms with Gasteiger partial charge in [0.25, 0.3) is 21.8 Å². The SMILES string of the molecule is CC(C)CC(NC(=O)OC(C)(C)C)c1nc(C(=O)NC(CCCN=C(N)N)C(=O)NS(=O)(=O)c2ccccc2)co1. The molecule has 2 atom stereocenters. The lowest BCUT2D eigenvalue weighted by Gasteiger charge is -2.23. The molecule has 2 rings (SSSR count). The lowest BCUT2D eigenvalue weighted by molar-refractivity contribution is -0.121. The molecule has 0 saturated carbocycles. The molecule has 14 nitrogen and oxygen atoms in total. The van der Waals surface area contributed by atoms with Crippen molar-refractivity contribution < 1.29 is 32.0 Å². The minimum atomic E-state index is -4.20. The number of hydrogen-bond acceptors (Lipinski definition) is 9. The van der Waals surface area contributed by atoms with Gasteiger partial charge in [0.05, 0.1) is 4.90 Å². The molecule has 1 heterocycles. The first-order chi connectivity index (χ1) is 19.1. The van der Waals surface area contributed by atoms with Gasteiger partial charge in [0.15, 0.2) is 11.7 Å². The van der Waals surface area contributed by atoms with Gasteiger partial charge in [-0.2, -0.15) is 0 Å². The van der Waals surface area contributed by atoms with Crippen molar-refractivity contribution in [2.75, 3.05) is 6.54 Å². The summed E-state index contributed by atoms with van der Waals surface area (Å²) in [7, 11) is -4.20. The molecule has 0 aliphatic heterocycles. The first-order valence-electron chi connectivity index (χ1n) is 13.0. The number of sulfonamides is 1. The number of aromatic nitrogens is 1. The fourth-order valence-corrected chi connectivity index (χ4v) is 4.60. The zero-order valence-corrected chi connectivity index (χ0v) is 24.7. The van der Waals surface area contributed by atoms with Crippen LogP contribution in [0.3, 0.4) is 0 Å². The maximum atomic E-state index is 13.1. The Morgan fingerprint density at radius 1 is 1.10 bits per heavy atom. The molecule has 7 N–H and O–H groups in total. The molecule has 1 aromatic heterocycles. The van der Waals surface area contributed by atoms with E-state index in [4.69, 9.17) is 20.6 Å². The maximum absolute atomic E-state index is 13.1. The van der Waals surface area contributed by atoms with Crippen molar-refractivity contribution in [3.63, 3.8) is 0 Å². The van der Waals surface area contributed by atoms with Crippen LogP contribution in [0.2, 0.25) is 0 Å². The summed E-state index contributed by atoms with van der Waals surface area (Å²) in [6, 6.07) is 5.35. The monoisotopic (exact) mass is 593 g/mol. The number of aliphatic imine (C=N–C) groups is 1. The molecule has 226 valence electrons. The molecule has 0 spiro atoms. The van der Waals surface area contributed by atoms with Gasteiger partial charge in [0.2, 0.25) is 5.89 Å². The number of nitrogens with one attached hydrogen (secondary N) is 3. The number of alkyl carbamates (subject to hydrolysis) is 1. The molecule has 0 fully saturated rings. The third-order valence-electron chi connectivity index (χ3n) is 5.31. The summed E-state index contributed by atoms with van der Waals surface area (Å²) in [5.41, 5.74) is 9.78. The molecule has 3 amide bonds. The van der Waals surface area contributed by atoms with Crippen LogP contribution >= 0.6 is 0 Å². The van der Waals surface area contributed by atoms with Gasteiger partial charge in [-0.1, -0.05) is 32.0 Å². The second-order valence-corrected chi connectivity index (χ2v) is 12.3. The molecule has 2 unspecified atom stereocenters. The molecule has 0 saturated heterocycles. The van der Waals surface area contributed by atoms with Gasteiger partial charge in [-0.3, -0.25) is 14.6 Å². The van der Waals surface area contributed by atoms with E-state index in [0.717, 1.165) is 6.26 Å². The molecule has 0 radical (unpaired) electrons. The zero-order chi connectivity index (χ0) is 30.8. The average Bonchev–Trinajstić information content (AvgIpc) is 3.34. The van der Waals surface area contributed by atoms with Gasteiger partial charge in [0.1, 0.15) is 23.9 Å². The van der Waals surface area contributed by atoms with Crippen LogP contribution in [0.25, 0.3) is 0 Å². The van der Waals surface area contributed by atoms with Crippen LogP contribution in [0.5, 0.6) is 0 Å². The van der Waals surface area contributed by atoms with E-state index in [0.29, 0.717) is 6.42 Å². The van der Waals surface area contributed by atoms with Gasteiger partial charge in [-0.15, -0.1) is 0 Å². The standard InChI is InChI=1S/C26H39N7O7S/c1-16(2)14-19(32-25(36)40-26(3,4)5)23-31-20(15-39-23)21(34)30-18(12-9-13-29-24(27)28)22(35)33-41(37,38)17-10-7-6-8-11-17/h6-8,10-11,15-16,18-19H,9,12-14H2,1-5H3,(H,30,34)(H,32,36)(H,33,35)(H4,27,28,29). The number of nitrogens with two attached hydrogens (primary N) is 2. The fraction of sp³-hybridized carbons (Fsp3) is 0.500. The Bertz CT molecular complexity index is 1320.